The van der Waals surface area contributed by atoms with Gasteiger partial charge in [-0.25, -0.2) is 0 Å². The molecule has 6 nitrogen and oxygen atoms in total. The van der Waals surface area contributed by atoms with Crippen molar-refractivity contribution in [1.29, 1.82) is 0 Å². The van der Waals surface area contributed by atoms with Crippen LogP contribution in [-0.2, 0) is 13.1 Å². The number of fused-ring (bicyclic) bond motifs is 1. The Morgan fingerprint density at radius 2 is 2.07 bits per heavy atom. The summed E-state index contributed by atoms with van der Waals surface area (Å²) < 4.78 is 4.06. The molecule has 0 fully saturated rings. The lowest BCUT2D eigenvalue weighted by Gasteiger charge is -2.07. The first-order chi connectivity index (χ1) is 14.2. The number of para-hydroxylation sites is 1. The van der Waals surface area contributed by atoms with Crippen molar-refractivity contribution < 1.29 is 4.79 Å². The lowest BCUT2D eigenvalue weighted by atomic mass is 10.1. The standard InChI is InChI=1S/C22H21N5OS/c1-3-12-27-21(16-8-7-11-23-13-16)24-25-22(27)29-15-20(28)18-14-26(4-2)19-10-6-5-9-17(18)19/h3,5-11,13-14H,1,4,12,15H2,2H3. The van der Waals surface area contributed by atoms with Crippen molar-refractivity contribution in [3.63, 3.8) is 0 Å². The van der Waals surface area contributed by atoms with Gasteiger partial charge in [0.15, 0.2) is 16.8 Å². The van der Waals surface area contributed by atoms with Gasteiger partial charge in [0.05, 0.1) is 5.75 Å². The third-order valence-corrected chi connectivity index (χ3v) is 5.68. The Balaban J connectivity index is 1.59. The number of carbonyl (C=O) groups excluding carboxylic acids is 1. The van der Waals surface area contributed by atoms with Gasteiger partial charge in [-0.2, -0.15) is 0 Å². The molecule has 3 aromatic heterocycles. The predicted molar refractivity (Wildman–Crippen MR) is 116 cm³/mol. The number of hydrogen-bond acceptors (Lipinski definition) is 5. The molecule has 0 saturated carbocycles. The number of Topliss-reactive ketones (excluding diaryl/α,β-unsaturated/α-hetero) is 1. The van der Waals surface area contributed by atoms with Crippen LogP contribution < -0.4 is 0 Å². The minimum atomic E-state index is 0.0782. The van der Waals surface area contributed by atoms with E-state index in [2.05, 4.69) is 33.3 Å². The Hall–Kier alpha value is -3.19. The summed E-state index contributed by atoms with van der Waals surface area (Å²) >= 11 is 1.39. The fourth-order valence-electron chi connectivity index (χ4n) is 3.34. The lowest BCUT2D eigenvalue weighted by Crippen LogP contribution is -2.05. The molecule has 3 heterocycles. The van der Waals surface area contributed by atoms with E-state index in [0.717, 1.165) is 34.4 Å². The largest absolute Gasteiger partial charge is 0.347 e. The van der Waals surface area contributed by atoms with Crippen LogP contribution in [0.1, 0.15) is 17.3 Å². The van der Waals surface area contributed by atoms with Crippen LogP contribution in [0.3, 0.4) is 0 Å². The molecule has 0 aliphatic rings. The summed E-state index contributed by atoms with van der Waals surface area (Å²) in [6, 6.07) is 11.8. The molecule has 1 aromatic carbocycles. The minimum Gasteiger partial charge on any atom is -0.347 e. The monoisotopic (exact) mass is 403 g/mol. The van der Waals surface area contributed by atoms with E-state index in [9.17, 15) is 4.79 Å². The topological polar surface area (TPSA) is 65.6 Å². The lowest BCUT2D eigenvalue weighted by molar-refractivity contribution is 0.102. The number of aromatic nitrogens is 5. The van der Waals surface area contributed by atoms with Crippen molar-refractivity contribution in [1.82, 2.24) is 24.3 Å². The van der Waals surface area contributed by atoms with Crippen LogP contribution >= 0.6 is 11.8 Å². The molecule has 0 aliphatic heterocycles. The molecule has 0 unspecified atom stereocenters. The number of nitrogens with zero attached hydrogens (tertiary/aromatic N) is 5. The molecule has 4 rings (SSSR count). The van der Waals surface area contributed by atoms with Crippen LogP contribution in [0.5, 0.6) is 0 Å². The van der Waals surface area contributed by atoms with Gasteiger partial charge in [0.25, 0.3) is 0 Å². The number of allylic oxidation sites excluding steroid dienone is 1. The van der Waals surface area contributed by atoms with Crippen LogP contribution in [0, 0.1) is 0 Å². The average Bonchev–Trinajstić information content (AvgIpc) is 3.34. The number of carbonyl (C=O) groups is 1. The summed E-state index contributed by atoms with van der Waals surface area (Å²) in [5, 5.41) is 10.3. The number of pyridine rings is 1. The second kappa shape index (κ2) is 8.45. The number of ketones is 1. The van der Waals surface area contributed by atoms with Crippen LogP contribution in [0.4, 0.5) is 0 Å². The van der Waals surface area contributed by atoms with Gasteiger partial charge >= 0.3 is 0 Å². The van der Waals surface area contributed by atoms with E-state index in [0.29, 0.717) is 17.5 Å². The number of thioether (sulfide) groups is 1. The van der Waals surface area contributed by atoms with E-state index in [-0.39, 0.29) is 5.78 Å². The Bertz CT molecular complexity index is 1160. The first-order valence-electron chi connectivity index (χ1n) is 9.41. The van der Waals surface area contributed by atoms with E-state index in [4.69, 9.17) is 0 Å². The van der Waals surface area contributed by atoms with E-state index in [1.165, 1.54) is 11.8 Å². The van der Waals surface area contributed by atoms with Gasteiger partial charge in [-0.05, 0) is 25.1 Å². The SMILES string of the molecule is C=CCn1c(SCC(=O)c2cn(CC)c3ccccc23)nnc1-c1cccnc1. The molecule has 146 valence electrons. The molecular formula is C22H21N5OS. The van der Waals surface area contributed by atoms with Crippen LogP contribution in [0.2, 0.25) is 0 Å². The van der Waals surface area contributed by atoms with E-state index in [1.54, 1.807) is 18.5 Å². The van der Waals surface area contributed by atoms with E-state index < -0.39 is 0 Å². The van der Waals surface area contributed by atoms with E-state index >= 15 is 0 Å². The number of rotatable bonds is 8. The molecule has 29 heavy (non-hydrogen) atoms. The maximum absolute atomic E-state index is 13.0. The highest BCUT2D eigenvalue weighted by Gasteiger charge is 2.18. The predicted octanol–water partition coefficient (Wildman–Crippen LogP) is 4.48. The molecule has 0 atom stereocenters. The molecule has 0 amide bonds. The van der Waals surface area contributed by atoms with Gasteiger partial charge in [-0.1, -0.05) is 36.0 Å². The van der Waals surface area contributed by atoms with Gasteiger partial charge in [-0.15, -0.1) is 16.8 Å². The molecule has 0 bridgehead atoms. The Morgan fingerprint density at radius 3 is 2.83 bits per heavy atom. The second-order valence-corrected chi connectivity index (χ2v) is 7.45. The second-order valence-electron chi connectivity index (χ2n) is 6.50. The number of benzene rings is 1. The summed E-state index contributed by atoms with van der Waals surface area (Å²) in [7, 11) is 0. The highest BCUT2D eigenvalue weighted by molar-refractivity contribution is 7.99. The van der Waals surface area contributed by atoms with Crippen molar-refractivity contribution in [3.05, 3.63) is 73.2 Å². The zero-order chi connectivity index (χ0) is 20.2. The third-order valence-electron chi connectivity index (χ3n) is 4.71. The van der Waals surface area contributed by atoms with Crippen molar-refractivity contribution in [2.75, 3.05) is 5.75 Å². The summed E-state index contributed by atoms with van der Waals surface area (Å²) in [5.41, 5.74) is 2.71. The molecule has 4 aromatic rings. The molecule has 0 saturated heterocycles. The zero-order valence-corrected chi connectivity index (χ0v) is 17.0. The molecule has 0 aliphatic carbocycles. The molecule has 0 N–H and O–H groups in total. The van der Waals surface area contributed by atoms with Crippen molar-refractivity contribution >= 4 is 28.4 Å². The quantitative estimate of drug-likeness (QED) is 0.247. The first kappa shape index (κ1) is 19.1. The number of hydrogen-bond donors (Lipinski definition) is 0. The van der Waals surface area contributed by atoms with Crippen LogP contribution in [0.25, 0.3) is 22.3 Å². The van der Waals surface area contributed by atoms with Gasteiger partial charge in [0.2, 0.25) is 0 Å². The maximum atomic E-state index is 13.0. The van der Waals surface area contributed by atoms with Gasteiger partial charge < -0.3 is 4.57 Å². The van der Waals surface area contributed by atoms with Gasteiger partial charge in [-0.3, -0.25) is 14.3 Å². The summed E-state index contributed by atoms with van der Waals surface area (Å²) in [6.45, 7) is 7.29. The fourth-order valence-corrected chi connectivity index (χ4v) is 4.17. The third kappa shape index (κ3) is 3.73. The first-order valence-corrected chi connectivity index (χ1v) is 10.4. The van der Waals surface area contributed by atoms with E-state index in [1.807, 2.05) is 47.2 Å². The van der Waals surface area contributed by atoms with Crippen molar-refractivity contribution in [3.8, 4) is 11.4 Å². The Labute approximate surface area is 173 Å². The number of aryl methyl sites for hydroxylation is 1. The Morgan fingerprint density at radius 1 is 1.21 bits per heavy atom. The molecule has 0 spiro atoms. The van der Waals surface area contributed by atoms with Gasteiger partial charge in [0, 0.05) is 53.7 Å². The smallest absolute Gasteiger partial charge is 0.192 e. The average molecular weight is 404 g/mol. The Kier molecular flexibility index (Phi) is 5.57. The minimum absolute atomic E-state index is 0.0782. The molecule has 0 radical (unpaired) electrons. The fraction of sp³-hybridized carbons (Fsp3) is 0.182. The van der Waals surface area contributed by atoms with Crippen LogP contribution in [0.15, 0.2) is 72.8 Å². The van der Waals surface area contributed by atoms with Crippen LogP contribution in [-0.4, -0.2) is 35.9 Å². The highest BCUT2D eigenvalue weighted by Crippen LogP contribution is 2.27. The maximum Gasteiger partial charge on any atom is 0.192 e. The zero-order valence-electron chi connectivity index (χ0n) is 16.2. The van der Waals surface area contributed by atoms with Crippen molar-refractivity contribution in [2.45, 2.75) is 25.2 Å². The molecular weight excluding hydrogens is 382 g/mol. The molecule has 7 heteroatoms. The summed E-state index contributed by atoms with van der Waals surface area (Å²) in [5.74, 6) is 1.09. The van der Waals surface area contributed by atoms with Crippen molar-refractivity contribution in [2.24, 2.45) is 0 Å². The summed E-state index contributed by atoms with van der Waals surface area (Å²) in [4.78, 5) is 17.1. The normalized spacial score (nSPS) is 11.1. The van der Waals surface area contributed by atoms with Gasteiger partial charge in [0.1, 0.15) is 0 Å². The highest BCUT2D eigenvalue weighted by atomic mass is 32.2. The summed E-state index contributed by atoms with van der Waals surface area (Å²) in [6.07, 6.45) is 7.22.